The van der Waals surface area contributed by atoms with Gasteiger partial charge in [-0.3, -0.25) is 4.98 Å². The van der Waals surface area contributed by atoms with Gasteiger partial charge in [-0.25, -0.2) is 0 Å². The van der Waals surface area contributed by atoms with Gasteiger partial charge in [-0.15, -0.1) is 0 Å². The first kappa shape index (κ1) is 12.2. The summed E-state index contributed by atoms with van der Waals surface area (Å²) in [7, 11) is 0. The average Bonchev–Trinajstić information content (AvgIpc) is 2.90. The smallest absolute Gasteiger partial charge is 0.145 e. The summed E-state index contributed by atoms with van der Waals surface area (Å²) in [5, 5.41) is 2.37. The lowest BCUT2D eigenvalue weighted by atomic mass is 10.0. The summed E-state index contributed by atoms with van der Waals surface area (Å²) in [5.41, 5.74) is 6.28. The molecule has 2 aromatic heterocycles. The molecule has 0 atom stereocenters. The molecule has 0 spiro atoms. The summed E-state index contributed by atoms with van der Waals surface area (Å²) in [5.74, 6) is 0. The number of nitrogens with zero attached hydrogens (tertiary/aromatic N) is 1. The van der Waals surface area contributed by atoms with E-state index in [-0.39, 0.29) is 0 Å². The maximum Gasteiger partial charge on any atom is 0.145 e. The normalized spacial score (nSPS) is 11.3. The molecular weight excluding hydrogens is 258 g/mol. The molecule has 2 nitrogen and oxygen atoms in total. The lowest BCUT2D eigenvalue weighted by Crippen LogP contribution is -1.84. The van der Waals surface area contributed by atoms with Gasteiger partial charge in [0.15, 0.2) is 0 Å². The zero-order chi connectivity index (χ0) is 14.4. The van der Waals surface area contributed by atoms with Crippen molar-refractivity contribution < 1.29 is 4.42 Å². The maximum atomic E-state index is 6.21. The van der Waals surface area contributed by atoms with Gasteiger partial charge < -0.3 is 4.42 Å². The van der Waals surface area contributed by atoms with E-state index in [2.05, 4.69) is 49.2 Å². The number of benzene rings is 2. The van der Waals surface area contributed by atoms with Crippen molar-refractivity contribution in [2.24, 2.45) is 0 Å². The molecule has 0 fully saturated rings. The Morgan fingerprint density at radius 2 is 1.71 bits per heavy atom. The Bertz CT molecular complexity index is 952. The minimum absolute atomic E-state index is 0.929. The lowest BCUT2D eigenvalue weighted by Gasteiger charge is -2.03. The molecule has 0 aliphatic rings. The second kappa shape index (κ2) is 4.45. The molecule has 2 aromatic carbocycles. The molecule has 21 heavy (non-hydrogen) atoms. The van der Waals surface area contributed by atoms with Crippen molar-refractivity contribution >= 4 is 21.9 Å². The first-order chi connectivity index (χ1) is 10.3. The van der Waals surface area contributed by atoms with E-state index >= 15 is 0 Å². The number of rotatable bonds is 1. The van der Waals surface area contributed by atoms with Gasteiger partial charge in [0.05, 0.1) is 5.69 Å². The van der Waals surface area contributed by atoms with Crippen molar-refractivity contribution in [3.63, 3.8) is 0 Å². The number of pyridine rings is 1. The fraction of sp³-hybridized carbons (Fsp3) is 0.105. The van der Waals surface area contributed by atoms with Gasteiger partial charge in [0.25, 0.3) is 0 Å². The van der Waals surface area contributed by atoms with E-state index in [4.69, 9.17) is 4.42 Å². The number of aryl methyl sites for hydroxylation is 2. The van der Waals surface area contributed by atoms with E-state index < -0.39 is 0 Å². The Kier molecular flexibility index (Phi) is 2.58. The molecule has 0 bridgehead atoms. The highest BCUT2D eigenvalue weighted by molar-refractivity contribution is 6.11. The molecule has 0 radical (unpaired) electrons. The van der Waals surface area contributed by atoms with Gasteiger partial charge >= 0.3 is 0 Å². The van der Waals surface area contributed by atoms with Gasteiger partial charge in [0.2, 0.25) is 0 Å². The van der Waals surface area contributed by atoms with Crippen LogP contribution in [0.3, 0.4) is 0 Å². The largest absolute Gasteiger partial charge is 0.455 e. The molecular formula is C19H15NO. The number of para-hydroxylation sites is 1. The van der Waals surface area contributed by atoms with Crippen LogP contribution in [0.1, 0.15) is 11.1 Å². The first-order valence-corrected chi connectivity index (χ1v) is 7.08. The van der Waals surface area contributed by atoms with Crippen LogP contribution in [0, 0.1) is 13.8 Å². The Labute approximate surface area is 123 Å². The number of aromatic nitrogens is 1. The highest BCUT2D eigenvalue weighted by atomic mass is 16.3. The van der Waals surface area contributed by atoms with Crippen molar-refractivity contribution in [1.29, 1.82) is 0 Å². The number of hydrogen-bond donors (Lipinski definition) is 0. The zero-order valence-corrected chi connectivity index (χ0v) is 12.1. The standard InChI is InChI=1S/C19H15NO/c1-12-9-10-14(16-8-3-4-11-20-16)19-17(12)15-7-5-6-13(2)18(15)21-19/h3-11H,1-2H3. The Morgan fingerprint density at radius 1 is 0.810 bits per heavy atom. The molecule has 0 aliphatic heterocycles. The Hall–Kier alpha value is -2.61. The van der Waals surface area contributed by atoms with E-state index in [9.17, 15) is 0 Å². The summed E-state index contributed by atoms with van der Waals surface area (Å²) >= 11 is 0. The van der Waals surface area contributed by atoms with Crippen LogP contribution in [0.15, 0.2) is 59.1 Å². The van der Waals surface area contributed by atoms with Gasteiger partial charge in [-0.2, -0.15) is 0 Å². The number of hydrogen-bond acceptors (Lipinski definition) is 2. The van der Waals surface area contributed by atoms with Crippen LogP contribution >= 0.6 is 0 Å². The quantitative estimate of drug-likeness (QED) is 0.472. The summed E-state index contributed by atoms with van der Waals surface area (Å²) in [6.07, 6.45) is 1.81. The van der Waals surface area contributed by atoms with Gasteiger partial charge in [-0.1, -0.05) is 30.3 Å². The van der Waals surface area contributed by atoms with E-state index in [1.54, 1.807) is 0 Å². The molecule has 2 heterocycles. The molecule has 2 heteroatoms. The van der Waals surface area contributed by atoms with Crippen molar-refractivity contribution in [3.8, 4) is 11.3 Å². The molecule has 4 rings (SSSR count). The van der Waals surface area contributed by atoms with Crippen molar-refractivity contribution in [1.82, 2.24) is 4.98 Å². The second-order valence-corrected chi connectivity index (χ2v) is 5.40. The molecule has 0 saturated heterocycles. The summed E-state index contributed by atoms with van der Waals surface area (Å²) in [4.78, 5) is 4.46. The third kappa shape index (κ3) is 1.76. The predicted molar refractivity (Wildman–Crippen MR) is 86.4 cm³/mol. The molecule has 0 aliphatic carbocycles. The number of fused-ring (bicyclic) bond motifs is 3. The van der Waals surface area contributed by atoms with Crippen molar-refractivity contribution in [3.05, 3.63) is 65.9 Å². The molecule has 4 aromatic rings. The maximum absolute atomic E-state index is 6.21. The minimum Gasteiger partial charge on any atom is -0.455 e. The van der Waals surface area contributed by atoms with Gasteiger partial charge in [0, 0.05) is 22.5 Å². The topological polar surface area (TPSA) is 26.0 Å². The summed E-state index contributed by atoms with van der Waals surface area (Å²) in [6.45, 7) is 4.21. The third-order valence-corrected chi connectivity index (χ3v) is 3.99. The monoisotopic (exact) mass is 273 g/mol. The summed E-state index contributed by atoms with van der Waals surface area (Å²) in [6, 6.07) is 16.5. The molecule has 0 amide bonds. The van der Waals surface area contributed by atoms with Crippen LogP contribution in [-0.2, 0) is 0 Å². The fourth-order valence-corrected chi connectivity index (χ4v) is 2.93. The molecule has 0 saturated carbocycles. The molecule has 0 N–H and O–H groups in total. The first-order valence-electron chi connectivity index (χ1n) is 7.08. The SMILES string of the molecule is Cc1cccc2c1oc1c(-c3ccccn3)ccc(C)c12. The average molecular weight is 273 g/mol. The highest BCUT2D eigenvalue weighted by Gasteiger charge is 2.15. The molecule has 0 unspecified atom stereocenters. The van der Waals surface area contributed by atoms with Crippen LogP contribution in [0.5, 0.6) is 0 Å². The predicted octanol–water partition coefficient (Wildman–Crippen LogP) is 5.26. The number of furan rings is 1. The summed E-state index contributed by atoms with van der Waals surface area (Å²) < 4.78 is 6.21. The van der Waals surface area contributed by atoms with Crippen LogP contribution in [-0.4, -0.2) is 4.98 Å². The molecule has 102 valence electrons. The van der Waals surface area contributed by atoms with Crippen LogP contribution in [0.25, 0.3) is 33.2 Å². The Morgan fingerprint density at radius 3 is 2.52 bits per heavy atom. The van der Waals surface area contributed by atoms with E-state index in [1.165, 1.54) is 16.3 Å². The fourth-order valence-electron chi connectivity index (χ4n) is 2.93. The van der Waals surface area contributed by atoms with E-state index in [0.29, 0.717) is 0 Å². The van der Waals surface area contributed by atoms with Crippen LogP contribution in [0.2, 0.25) is 0 Å². The highest BCUT2D eigenvalue weighted by Crippen LogP contribution is 2.37. The second-order valence-electron chi connectivity index (χ2n) is 5.40. The van der Waals surface area contributed by atoms with Gasteiger partial charge in [0.1, 0.15) is 11.2 Å². The van der Waals surface area contributed by atoms with Crippen LogP contribution in [0.4, 0.5) is 0 Å². The third-order valence-electron chi connectivity index (χ3n) is 3.99. The Balaban J connectivity index is 2.18. The zero-order valence-electron chi connectivity index (χ0n) is 12.1. The van der Waals surface area contributed by atoms with Gasteiger partial charge in [-0.05, 0) is 43.2 Å². The lowest BCUT2D eigenvalue weighted by molar-refractivity contribution is 0.666. The van der Waals surface area contributed by atoms with Crippen LogP contribution < -0.4 is 0 Å². The van der Waals surface area contributed by atoms with Crippen molar-refractivity contribution in [2.45, 2.75) is 13.8 Å². The van der Waals surface area contributed by atoms with E-state index in [0.717, 1.165) is 28.0 Å². The minimum atomic E-state index is 0.929. The van der Waals surface area contributed by atoms with Crippen molar-refractivity contribution in [2.75, 3.05) is 0 Å². The van der Waals surface area contributed by atoms with E-state index in [1.807, 2.05) is 24.4 Å².